The predicted octanol–water partition coefficient (Wildman–Crippen LogP) is 1.23. The van der Waals surface area contributed by atoms with E-state index in [-0.39, 0.29) is 17.8 Å². The van der Waals surface area contributed by atoms with Gasteiger partial charge in [-0.15, -0.1) is 0 Å². The van der Waals surface area contributed by atoms with Crippen LogP contribution in [0.1, 0.15) is 50.7 Å². The van der Waals surface area contributed by atoms with Crippen LogP contribution in [0.4, 0.5) is 10.6 Å². The third-order valence-corrected chi connectivity index (χ3v) is 7.92. The minimum absolute atomic E-state index is 0.138. The second-order valence-electron chi connectivity index (χ2n) is 11.3. The average molecular weight is 523 g/mol. The van der Waals surface area contributed by atoms with E-state index in [2.05, 4.69) is 27.3 Å². The Hall–Kier alpha value is -3.28. The molecule has 38 heavy (non-hydrogen) atoms. The van der Waals surface area contributed by atoms with Gasteiger partial charge in [0.05, 0.1) is 11.2 Å². The van der Waals surface area contributed by atoms with Crippen molar-refractivity contribution >= 4 is 17.8 Å². The van der Waals surface area contributed by atoms with E-state index < -0.39 is 11.2 Å². The molecule has 2 aromatic rings. The maximum Gasteiger partial charge on any atom is 0.354 e. The van der Waals surface area contributed by atoms with Gasteiger partial charge in [-0.25, -0.2) is 9.59 Å². The van der Waals surface area contributed by atoms with E-state index in [0.29, 0.717) is 38.3 Å². The highest BCUT2D eigenvalue weighted by Crippen LogP contribution is 2.31. The average Bonchev–Trinajstić information content (AvgIpc) is 3.32. The molecular weight excluding hydrogens is 484 g/mol. The molecule has 2 aliphatic heterocycles. The van der Waals surface area contributed by atoms with Gasteiger partial charge in [0, 0.05) is 57.5 Å². The molecule has 1 saturated carbocycles. The first-order chi connectivity index (χ1) is 18.1. The van der Waals surface area contributed by atoms with E-state index in [1.54, 1.807) is 35.9 Å². The summed E-state index contributed by atoms with van der Waals surface area (Å²) < 4.78 is 1.50. The van der Waals surface area contributed by atoms with Crippen LogP contribution >= 0.6 is 0 Å². The number of urea groups is 1. The molecule has 1 saturated heterocycles. The Balaban J connectivity index is 1.20. The van der Waals surface area contributed by atoms with E-state index in [4.69, 9.17) is 11.5 Å². The highest BCUT2D eigenvalue weighted by atomic mass is 16.2. The molecule has 0 radical (unpaired) electrons. The number of anilines is 1. The molecule has 1 aromatic heterocycles. The van der Waals surface area contributed by atoms with Crippen LogP contribution in [0.2, 0.25) is 0 Å². The van der Waals surface area contributed by atoms with Crippen LogP contribution in [0.15, 0.2) is 35.3 Å². The van der Waals surface area contributed by atoms with Crippen LogP contribution in [0.3, 0.4) is 0 Å². The zero-order valence-corrected chi connectivity index (χ0v) is 22.2. The van der Waals surface area contributed by atoms with Gasteiger partial charge in [0.2, 0.25) is 5.91 Å². The molecule has 0 spiro atoms. The zero-order chi connectivity index (χ0) is 27.0. The number of carbonyl (C=O) groups excluding carboxylic acids is 2. The lowest BCUT2D eigenvalue weighted by molar-refractivity contribution is -0.137. The summed E-state index contributed by atoms with van der Waals surface area (Å²) in [6, 6.07) is 8.28. The number of nitrogens with zero attached hydrogens (tertiary/aromatic N) is 5. The van der Waals surface area contributed by atoms with Crippen molar-refractivity contribution in [1.29, 1.82) is 0 Å². The molecule has 11 nitrogen and oxygen atoms in total. The molecular formula is C27H38N8O3. The summed E-state index contributed by atoms with van der Waals surface area (Å²) in [6.07, 6.45) is 6.07. The summed E-state index contributed by atoms with van der Waals surface area (Å²) in [5.74, 6) is 0.0570. The summed E-state index contributed by atoms with van der Waals surface area (Å²) in [5, 5.41) is 2.71. The minimum atomic E-state index is -0.944. The van der Waals surface area contributed by atoms with Gasteiger partial charge in [-0.2, -0.15) is 4.98 Å². The second-order valence-corrected chi connectivity index (χ2v) is 11.3. The van der Waals surface area contributed by atoms with Gasteiger partial charge in [-0.1, -0.05) is 6.07 Å². The standard InChI is InChI=1S/C27H38N8O3/c1-27(2,29)24(36)32-11-13-33(14-12-32)25(37)30-23-9-10-35(26(38)31-23)22-6-3-18-16-34(17-19(18)15-22)21-7-4-20(28)5-8-21/h3,6,9-10,15,20-21H,4-5,7-8,11-14,16-17,28-29H2,1-2H3,(H,30,31,37,38). The van der Waals surface area contributed by atoms with E-state index in [9.17, 15) is 14.4 Å². The maximum absolute atomic E-state index is 12.9. The molecule has 5 N–H and O–H groups in total. The van der Waals surface area contributed by atoms with Crippen molar-refractivity contribution < 1.29 is 9.59 Å². The number of hydrogen-bond donors (Lipinski definition) is 3. The monoisotopic (exact) mass is 522 g/mol. The normalized spacial score (nSPS) is 22.3. The molecule has 3 heterocycles. The fourth-order valence-electron chi connectivity index (χ4n) is 5.66. The molecule has 204 valence electrons. The van der Waals surface area contributed by atoms with E-state index in [1.807, 2.05) is 6.07 Å². The largest absolute Gasteiger partial charge is 0.354 e. The number of nitrogens with two attached hydrogens (primary N) is 2. The lowest BCUT2D eigenvalue weighted by Crippen LogP contribution is -2.58. The van der Waals surface area contributed by atoms with Crippen LogP contribution in [0, 0.1) is 0 Å². The summed E-state index contributed by atoms with van der Waals surface area (Å²) in [4.78, 5) is 47.9. The van der Waals surface area contributed by atoms with Crippen LogP contribution < -0.4 is 22.5 Å². The molecule has 2 fully saturated rings. The number of benzene rings is 1. The fraction of sp³-hybridized carbons (Fsp3) is 0.556. The third kappa shape index (κ3) is 5.59. The SMILES string of the molecule is CC(C)(N)C(=O)N1CCN(C(=O)Nc2ccn(-c3ccc4c(c3)CN(C3CCC(N)CC3)C4)c(=O)n2)CC1. The molecule has 11 heteroatoms. The zero-order valence-electron chi connectivity index (χ0n) is 22.2. The Kier molecular flexibility index (Phi) is 7.26. The number of nitrogens with one attached hydrogen (secondary N) is 1. The molecule has 0 unspecified atom stereocenters. The first-order valence-electron chi connectivity index (χ1n) is 13.4. The number of piperazine rings is 1. The molecule has 1 aliphatic carbocycles. The number of amides is 3. The van der Waals surface area contributed by atoms with Crippen LogP contribution in [0.25, 0.3) is 5.69 Å². The smallest absolute Gasteiger partial charge is 0.338 e. The lowest BCUT2D eigenvalue weighted by atomic mass is 9.91. The van der Waals surface area contributed by atoms with Crippen molar-refractivity contribution in [3.05, 3.63) is 52.1 Å². The Morgan fingerprint density at radius 3 is 2.29 bits per heavy atom. The predicted molar refractivity (Wildman–Crippen MR) is 145 cm³/mol. The summed E-state index contributed by atoms with van der Waals surface area (Å²) in [7, 11) is 0. The number of fused-ring (bicyclic) bond motifs is 1. The van der Waals surface area contributed by atoms with E-state index in [1.165, 1.54) is 15.7 Å². The van der Waals surface area contributed by atoms with Crippen LogP contribution in [-0.2, 0) is 17.9 Å². The lowest BCUT2D eigenvalue weighted by Gasteiger charge is -2.37. The fourth-order valence-corrected chi connectivity index (χ4v) is 5.66. The van der Waals surface area contributed by atoms with Crippen molar-refractivity contribution in [2.24, 2.45) is 11.5 Å². The molecule has 1 aromatic carbocycles. The molecule has 3 aliphatic rings. The second kappa shape index (κ2) is 10.5. The van der Waals surface area contributed by atoms with Crippen molar-refractivity contribution in [2.45, 2.75) is 70.2 Å². The summed E-state index contributed by atoms with van der Waals surface area (Å²) in [5.41, 5.74) is 13.9. The highest BCUT2D eigenvalue weighted by molar-refractivity contribution is 5.89. The van der Waals surface area contributed by atoms with Gasteiger partial charge in [0.15, 0.2) is 0 Å². The third-order valence-electron chi connectivity index (χ3n) is 7.92. The van der Waals surface area contributed by atoms with Crippen molar-refractivity contribution in [3.63, 3.8) is 0 Å². The molecule has 0 bridgehead atoms. The molecule has 5 rings (SSSR count). The number of aromatic nitrogens is 2. The van der Waals surface area contributed by atoms with Crippen molar-refractivity contribution in [2.75, 3.05) is 31.5 Å². The summed E-state index contributed by atoms with van der Waals surface area (Å²) in [6.45, 7) is 6.73. The van der Waals surface area contributed by atoms with E-state index in [0.717, 1.165) is 44.5 Å². The van der Waals surface area contributed by atoms with Gasteiger partial charge < -0.3 is 21.3 Å². The Morgan fingerprint density at radius 2 is 1.63 bits per heavy atom. The summed E-state index contributed by atoms with van der Waals surface area (Å²) >= 11 is 0. The van der Waals surface area contributed by atoms with Gasteiger partial charge >= 0.3 is 11.7 Å². The maximum atomic E-state index is 12.9. The quantitative estimate of drug-likeness (QED) is 0.548. The highest BCUT2D eigenvalue weighted by Gasteiger charge is 2.32. The Morgan fingerprint density at radius 1 is 0.974 bits per heavy atom. The first kappa shape index (κ1) is 26.3. The van der Waals surface area contributed by atoms with Crippen LogP contribution in [0.5, 0.6) is 0 Å². The Bertz CT molecular complexity index is 1250. The number of hydrogen-bond acceptors (Lipinski definition) is 7. The number of carbonyl (C=O) groups is 2. The Labute approximate surface area is 222 Å². The number of rotatable bonds is 4. The first-order valence-corrected chi connectivity index (χ1v) is 13.4. The minimum Gasteiger partial charge on any atom is -0.338 e. The van der Waals surface area contributed by atoms with Gasteiger partial charge in [-0.3, -0.25) is 19.6 Å². The topological polar surface area (TPSA) is 143 Å². The van der Waals surface area contributed by atoms with E-state index >= 15 is 0 Å². The van der Waals surface area contributed by atoms with Crippen molar-refractivity contribution in [3.8, 4) is 5.69 Å². The molecule has 0 atom stereocenters. The van der Waals surface area contributed by atoms with Gasteiger partial charge in [0.25, 0.3) is 0 Å². The molecule has 3 amide bonds. The van der Waals surface area contributed by atoms with Gasteiger partial charge in [-0.05, 0) is 68.9 Å². The van der Waals surface area contributed by atoms with Crippen LogP contribution in [-0.4, -0.2) is 80.0 Å². The van der Waals surface area contributed by atoms with Gasteiger partial charge in [0.1, 0.15) is 5.82 Å². The van der Waals surface area contributed by atoms with Crippen molar-refractivity contribution in [1.82, 2.24) is 24.3 Å².